The molecule has 0 spiro atoms. The molecule has 1 heterocycles. The number of hydrogen-bond donors (Lipinski definition) is 1. The van der Waals surface area contributed by atoms with Crippen molar-refractivity contribution in [1.82, 2.24) is 0 Å². The van der Waals surface area contributed by atoms with E-state index in [1.54, 1.807) is 23.5 Å². The third-order valence-corrected chi connectivity index (χ3v) is 5.65. The van der Waals surface area contributed by atoms with E-state index in [9.17, 15) is 8.42 Å². The summed E-state index contributed by atoms with van der Waals surface area (Å²) >= 11 is 1.72. The smallest absolute Gasteiger partial charge is 0.177 e. The molecule has 1 aliphatic rings. The topological polar surface area (TPSA) is 46.2 Å². The minimum Gasteiger partial charge on any atom is -0.376 e. The van der Waals surface area contributed by atoms with Crippen molar-refractivity contribution in [3.63, 3.8) is 0 Å². The summed E-state index contributed by atoms with van der Waals surface area (Å²) in [6.45, 7) is 0. The van der Waals surface area contributed by atoms with Crippen LogP contribution in [0.4, 0.5) is 5.69 Å². The first kappa shape index (κ1) is 13.6. The first-order chi connectivity index (χ1) is 9.55. The van der Waals surface area contributed by atoms with Crippen LogP contribution in [-0.4, -0.2) is 14.7 Å². The molecule has 3 rings (SSSR count). The van der Waals surface area contributed by atoms with Crippen LogP contribution in [0.25, 0.3) is 0 Å². The predicted molar refractivity (Wildman–Crippen MR) is 83.0 cm³/mol. The van der Waals surface area contributed by atoms with Crippen LogP contribution in [0, 0.1) is 5.92 Å². The van der Waals surface area contributed by atoms with Gasteiger partial charge in [0, 0.05) is 11.1 Å². The Morgan fingerprint density at radius 3 is 2.55 bits per heavy atom. The Morgan fingerprint density at radius 1 is 1.20 bits per heavy atom. The second-order valence-electron chi connectivity index (χ2n) is 5.24. The molecule has 1 aliphatic carbocycles. The van der Waals surface area contributed by atoms with Crippen LogP contribution in [0.1, 0.15) is 23.8 Å². The van der Waals surface area contributed by atoms with Crippen molar-refractivity contribution < 1.29 is 8.42 Å². The lowest BCUT2D eigenvalue weighted by atomic mass is 10.1. The lowest BCUT2D eigenvalue weighted by Gasteiger charge is -2.20. The molecule has 1 aromatic heterocycles. The van der Waals surface area contributed by atoms with E-state index in [2.05, 4.69) is 16.8 Å². The van der Waals surface area contributed by atoms with Crippen molar-refractivity contribution in [2.24, 2.45) is 5.92 Å². The molecule has 0 aliphatic heterocycles. The van der Waals surface area contributed by atoms with E-state index in [-0.39, 0.29) is 6.04 Å². The van der Waals surface area contributed by atoms with Gasteiger partial charge in [-0.3, -0.25) is 0 Å². The maximum Gasteiger partial charge on any atom is 0.177 e. The number of rotatable bonds is 5. The standard InChI is InChI=1S/C15H17NO2S2/c1-20(17,18)14-7-3-2-5-12(14)16-15(11-8-9-11)13-6-4-10-19-13/h2-7,10-11,15-16H,8-9H2,1H3. The molecule has 0 amide bonds. The molecule has 106 valence electrons. The first-order valence-electron chi connectivity index (χ1n) is 6.65. The zero-order valence-electron chi connectivity index (χ0n) is 11.2. The van der Waals surface area contributed by atoms with Gasteiger partial charge in [-0.1, -0.05) is 18.2 Å². The average Bonchev–Trinajstić information content (AvgIpc) is 3.10. The molecule has 0 bridgehead atoms. The summed E-state index contributed by atoms with van der Waals surface area (Å²) in [7, 11) is -3.21. The zero-order chi connectivity index (χ0) is 14.2. The molecule has 2 aromatic rings. The Balaban J connectivity index is 1.94. The summed E-state index contributed by atoms with van der Waals surface area (Å²) < 4.78 is 23.7. The van der Waals surface area contributed by atoms with E-state index in [0.29, 0.717) is 16.5 Å². The molecule has 0 radical (unpaired) electrons. The van der Waals surface area contributed by atoms with Crippen molar-refractivity contribution in [1.29, 1.82) is 0 Å². The highest BCUT2D eigenvalue weighted by atomic mass is 32.2. The normalized spacial score (nSPS) is 16.9. The predicted octanol–water partition coefficient (Wildman–Crippen LogP) is 3.71. The average molecular weight is 307 g/mol. The molecule has 1 fully saturated rings. The lowest BCUT2D eigenvalue weighted by molar-refractivity contribution is 0.601. The number of benzene rings is 1. The van der Waals surface area contributed by atoms with Crippen molar-refractivity contribution in [3.05, 3.63) is 46.7 Å². The molecular formula is C15H17NO2S2. The van der Waals surface area contributed by atoms with E-state index in [0.717, 1.165) is 0 Å². The van der Waals surface area contributed by atoms with Crippen molar-refractivity contribution in [2.75, 3.05) is 11.6 Å². The number of sulfone groups is 1. The summed E-state index contributed by atoms with van der Waals surface area (Å²) in [5.41, 5.74) is 0.709. The van der Waals surface area contributed by atoms with Crippen LogP contribution in [-0.2, 0) is 9.84 Å². The quantitative estimate of drug-likeness (QED) is 0.916. The Kier molecular flexibility index (Phi) is 3.56. The van der Waals surface area contributed by atoms with Crippen LogP contribution in [0.3, 0.4) is 0 Å². The molecule has 20 heavy (non-hydrogen) atoms. The number of thiophene rings is 1. The van der Waals surface area contributed by atoms with Gasteiger partial charge in [-0.25, -0.2) is 8.42 Å². The summed E-state index contributed by atoms with van der Waals surface area (Å²) in [5.74, 6) is 0.612. The maximum atomic E-state index is 11.9. The molecular weight excluding hydrogens is 290 g/mol. The third kappa shape index (κ3) is 2.88. The molecule has 5 heteroatoms. The molecule has 1 aromatic carbocycles. The van der Waals surface area contributed by atoms with Crippen LogP contribution >= 0.6 is 11.3 Å². The fourth-order valence-electron chi connectivity index (χ4n) is 2.40. The highest BCUT2D eigenvalue weighted by Crippen LogP contribution is 2.44. The molecule has 1 unspecified atom stereocenters. The van der Waals surface area contributed by atoms with Gasteiger partial charge in [0.2, 0.25) is 0 Å². The number of nitrogens with one attached hydrogen (secondary N) is 1. The van der Waals surface area contributed by atoms with E-state index in [4.69, 9.17) is 0 Å². The van der Waals surface area contributed by atoms with Gasteiger partial charge in [-0.15, -0.1) is 11.3 Å². The molecule has 1 N–H and O–H groups in total. The van der Waals surface area contributed by atoms with E-state index in [1.807, 2.05) is 18.2 Å². The Hall–Kier alpha value is -1.33. The van der Waals surface area contributed by atoms with Gasteiger partial charge in [0.1, 0.15) is 0 Å². The first-order valence-corrected chi connectivity index (χ1v) is 9.42. The largest absolute Gasteiger partial charge is 0.376 e. The summed E-state index contributed by atoms with van der Waals surface area (Å²) in [6.07, 6.45) is 3.66. The van der Waals surface area contributed by atoms with Gasteiger partial charge in [0.25, 0.3) is 0 Å². The lowest BCUT2D eigenvalue weighted by Crippen LogP contribution is -2.14. The Labute approximate surface area is 123 Å². The molecule has 1 atom stereocenters. The van der Waals surface area contributed by atoms with Crippen molar-refractivity contribution in [2.45, 2.75) is 23.8 Å². The van der Waals surface area contributed by atoms with Gasteiger partial charge in [-0.05, 0) is 42.3 Å². The fourth-order valence-corrected chi connectivity index (χ4v) is 4.12. The Bertz CT molecular complexity index is 688. The second-order valence-corrected chi connectivity index (χ2v) is 8.21. The van der Waals surface area contributed by atoms with Gasteiger partial charge in [0.05, 0.1) is 16.6 Å². The zero-order valence-corrected chi connectivity index (χ0v) is 12.9. The monoisotopic (exact) mass is 307 g/mol. The third-order valence-electron chi connectivity index (χ3n) is 3.54. The highest BCUT2D eigenvalue weighted by molar-refractivity contribution is 7.90. The molecule has 0 saturated heterocycles. The second kappa shape index (κ2) is 5.22. The van der Waals surface area contributed by atoms with Crippen LogP contribution < -0.4 is 5.32 Å². The van der Waals surface area contributed by atoms with Crippen LogP contribution in [0.15, 0.2) is 46.7 Å². The van der Waals surface area contributed by atoms with Crippen molar-refractivity contribution >= 4 is 26.9 Å². The Morgan fingerprint density at radius 2 is 1.95 bits per heavy atom. The minimum atomic E-state index is -3.21. The van der Waals surface area contributed by atoms with E-state index in [1.165, 1.54) is 24.0 Å². The number of anilines is 1. The summed E-state index contributed by atoms with van der Waals surface area (Å²) in [6, 6.07) is 11.5. The molecule has 1 saturated carbocycles. The summed E-state index contributed by atoms with van der Waals surface area (Å²) in [5, 5.41) is 5.51. The maximum absolute atomic E-state index is 11.9. The fraction of sp³-hybridized carbons (Fsp3) is 0.333. The highest BCUT2D eigenvalue weighted by Gasteiger charge is 2.33. The summed E-state index contributed by atoms with van der Waals surface area (Å²) in [4.78, 5) is 1.65. The van der Waals surface area contributed by atoms with Gasteiger partial charge in [-0.2, -0.15) is 0 Å². The van der Waals surface area contributed by atoms with Crippen LogP contribution in [0.2, 0.25) is 0 Å². The van der Waals surface area contributed by atoms with E-state index < -0.39 is 9.84 Å². The van der Waals surface area contributed by atoms with Crippen LogP contribution in [0.5, 0.6) is 0 Å². The van der Waals surface area contributed by atoms with Gasteiger partial charge < -0.3 is 5.32 Å². The minimum absolute atomic E-state index is 0.220. The van der Waals surface area contributed by atoms with Gasteiger partial charge >= 0.3 is 0 Å². The number of hydrogen-bond acceptors (Lipinski definition) is 4. The van der Waals surface area contributed by atoms with E-state index >= 15 is 0 Å². The van der Waals surface area contributed by atoms with Crippen molar-refractivity contribution in [3.8, 4) is 0 Å². The molecule has 3 nitrogen and oxygen atoms in total. The SMILES string of the molecule is CS(=O)(=O)c1ccccc1NC(c1cccs1)C1CC1. The number of para-hydroxylation sites is 1. The van der Waals surface area contributed by atoms with Gasteiger partial charge in [0.15, 0.2) is 9.84 Å².